The Labute approximate surface area is 255 Å². The van der Waals surface area contributed by atoms with Crippen LogP contribution in [0.25, 0.3) is 0 Å². The number of hydrogen-bond acceptors (Lipinski definition) is 4. The molecule has 2 aliphatic rings. The maximum Gasteiger partial charge on any atom is 0.305 e. The predicted molar refractivity (Wildman–Crippen MR) is 175 cm³/mol. The molecule has 2 fully saturated rings. The van der Waals surface area contributed by atoms with E-state index < -0.39 is 0 Å². The number of ether oxygens (including phenoxy) is 2. The number of rotatable bonds is 27. The van der Waals surface area contributed by atoms with Gasteiger partial charge in [0, 0.05) is 12.3 Å². The lowest BCUT2D eigenvalue weighted by atomic mass is 9.95. The number of hydrogen-bond donors (Lipinski definition) is 0. The fourth-order valence-corrected chi connectivity index (χ4v) is 6.55. The normalized spacial score (nSPS) is 20.2. The number of likely N-dealkylation sites (tertiary alicyclic amines) is 1. The quantitative estimate of drug-likeness (QED) is 0.0555. The van der Waals surface area contributed by atoms with Crippen LogP contribution in [0.3, 0.4) is 0 Å². The summed E-state index contributed by atoms with van der Waals surface area (Å²) < 4.78 is 12.1. The van der Waals surface area contributed by atoms with Crippen molar-refractivity contribution in [3.63, 3.8) is 0 Å². The monoisotopic (exact) mass is 576 g/mol. The van der Waals surface area contributed by atoms with Crippen LogP contribution in [0.15, 0.2) is 12.3 Å². The van der Waals surface area contributed by atoms with E-state index >= 15 is 0 Å². The molecule has 0 amide bonds. The lowest BCUT2D eigenvalue weighted by Crippen LogP contribution is -2.31. The third-order valence-corrected chi connectivity index (χ3v) is 9.73. The maximum atomic E-state index is 12.1. The highest BCUT2D eigenvalue weighted by molar-refractivity contribution is 5.69. The van der Waals surface area contributed by atoms with Crippen molar-refractivity contribution >= 4 is 5.97 Å². The molecule has 2 rings (SSSR count). The molecule has 1 saturated carbocycles. The Kier molecular flexibility index (Phi) is 20.7. The van der Waals surface area contributed by atoms with Gasteiger partial charge in [-0.15, -0.1) is 0 Å². The Bertz CT molecular complexity index is 657. The number of nitrogens with zero attached hydrogens (tertiary/aromatic N) is 1. The van der Waals surface area contributed by atoms with Crippen molar-refractivity contribution in [3.05, 3.63) is 12.3 Å². The molecule has 1 aliphatic carbocycles. The Morgan fingerprint density at radius 1 is 0.756 bits per heavy atom. The van der Waals surface area contributed by atoms with Crippen LogP contribution in [0.2, 0.25) is 0 Å². The van der Waals surface area contributed by atoms with E-state index in [4.69, 9.17) is 9.47 Å². The van der Waals surface area contributed by atoms with Gasteiger partial charge in [0.1, 0.15) is 0 Å². The number of piperidine rings is 1. The van der Waals surface area contributed by atoms with Crippen molar-refractivity contribution in [2.75, 3.05) is 26.7 Å². The summed E-state index contributed by atoms with van der Waals surface area (Å²) >= 11 is 0. The smallest absolute Gasteiger partial charge is 0.305 e. The van der Waals surface area contributed by atoms with Crippen LogP contribution < -0.4 is 0 Å². The largest absolute Gasteiger partial charge is 0.495 e. The first-order valence-electron chi connectivity index (χ1n) is 18.2. The van der Waals surface area contributed by atoms with Crippen molar-refractivity contribution in [1.29, 1.82) is 0 Å². The molecular weight excluding hydrogens is 506 g/mol. The standard InChI is InChI=1S/C37H69NO3/c1-5-7-9-11-12-15-19-23-36(41-32(3)33-26-28-38(4)29-27-33)24-20-16-13-14-17-21-25-37(39)40-31-35-30-34(35)22-18-10-8-6-2/h33-36H,3,5-31H2,1-2,4H3. The first-order chi connectivity index (χ1) is 20.0. The second kappa shape index (κ2) is 23.4. The summed E-state index contributed by atoms with van der Waals surface area (Å²) in [4.78, 5) is 14.6. The fraction of sp³-hybridized carbons (Fsp3) is 0.919. The highest BCUT2D eigenvalue weighted by atomic mass is 16.5. The van der Waals surface area contributed by atoms with Gasteiger partial charge in [0.2, 0.25) is 0 Å². The zero-order valence-electron chi connectivity index (χ0n) is 27.8. The Morgan fingerprint density at radius 3 is 1.90 bits per heavy atom. The topological polar surface area (TPSA) is 38.8 Å². The Balaban J connectivity index is 1.51. The van der Waals surface area contributed by atoms with Crippen molar-refractivity contribution in [3.8, 4) is 0 Å². The summed E-state index contributed by atoms with van der Waals surface area (Å²) in [6, 6.07) is 0. The SMILES string of the molecule is C=C(OC(CCCCCCCCC)CCCCCCCCC(=O)OCC1CC1CCCCCC)C1CCN(C)CC1. The van der Waals surface area contributed by atoms with Gasteiger partial charge in [-0.1, -0.05) is 117 Å². The first-order valence-corrected chi connectivity index (χ1v) is 18.2. The number of carbonyl (C=O) groups is 1. The molecule has 0 N–H and O–H groups in total. The fourth-order valence-electron chi connectivity index (χ4n) is 6.55. The van der Waals surface area contributed by atoms with Gasteiger partial charge in [0.25, 0.3) is 0 Å². The van der Waals surface area contributed by atoms with Crippen molar-refractivity contribution in [2.24, 2.45) is 17.8 Å². The summed E-state index contributed by atoms with van der Waals surface area (Å²) in [6.07, 6.45) is 30.2. The Morgan fingerprint density at radius 2 is 1.29 bits per heavy atom. The van der Waals surface area contributed by atoms with Crippen LogP contribution in [0, 0.1) is 17.8 Å². The molecular formula is C37H69NO3. The summed E-state index contributed by atoms with van der Waals surface area (Å²) in [5, 5.41) is 0. The van der Waals surface area contributed by atoms with E-state index in [9.17, 15) is 4.79 Å². The van der Waals surface area contributed by atoms with Crippen LogP contribution in [-0.4, -0.2) is 43.7 Å². The maximum absolute atomic E-state index is 12.1. The van der Waals surface area contributed by atoms with Gasteiger partial charge in [-0.05, 0) is 83.3 Å². The molecule has 4 heteroatoms. The third kappa shape index (κ3) is 18.3. The third-order valence-electron chi connectivity index (χ3n) is 9.73. The highest BCUT2D eigenvalue weighted by Crippen LogP contribution is 2.42. The summed E-state index contributed by atoms with van der Waals surface area (Å²) in [5.41, 5.74) is 0. The molecule has 0 bridgehead atoms. The van der Waals surface area contributed by atoms with Gasteiger partial charge in [-0.2, -0.15) is 0 Å². The van der Waals surface area contributed by atoms with Gasteiger partial charge in [0.15, 0.2) is 0 Å². The molecule has 0 aromatic rings. The molecule has 240 valence electrons. The van der Waals surface area contributed by atoms with E-state index in [-0.39, 0.29) is 5.97 Å². The van der Waals surface area contributed by atoms with Crippen LogP contribution in [-0.2, 0) is 14.3 Å². The van der Waals surface area contributed by atoms with Crippen molar-refractivity contribution in [1.82, 2.24) is 4.90 Å². The summed E-state index contributed by atoms with van der Waals surface area (Å²) in [6.45, 7) is 11.9. The minimum Gasteiger partial charge on any atom is -0.495 e. The zero-order valence-corrected chi connectivity index (χ0v) is 27.8. The molecule has 1 saturated heterocycles. The minimum atomic E-state index is 0.0248. The van der Waals surface area contributed by atoms with Gasteiger partial charge in [-0.25, -0.2) is 0 Å². The average molecular weight is 576 g/mol. The highest BCUT2D eigenvalue weighted by Gasteiger charge is 2.37. The van der Waals surface area contributed by atoms with E-state index in [1.54, 1.807) is 0 Å². The van der Waals surface area contributed by atoms with Gasteiger partial charge < -0.3 is 14.4 Å². The van der Waals surface area contributed by atoms with Crippen molar-refractivity contribution in [2.45, 2.75) is 174 Å². The second-order valence-electron chi connectivity index (χ2n) is 13.6. The first kappa shape index (κ1) is 36.2. The number of unbranched alkanes of at least 4 members (excludes halogenated alkanes) is 14. The minimum absolute atomic E-state index is 0.0248. The van der Waals surface area contributed by atoms with Gasteiger partial charge >= 0.3 is 5.97 Å². The van der Waals surface area contributed by atoms with Crippen LogP contribution in [0.1, 0.15) is 168 Å². The van der Waals surface area contributed by atoms with Gasteiger partial charge in [0.05, 0.1) is 18.5 Å². The van der Waals surface area contributed by atoms with E-state index in [1.165, 1.54) is 128 Å². The molecule has 0 aromatic heterocycles. The lowest BCUT2D eigenvalue weighted by molar-refractivity contribution is -0.144. The van der Waals surface area contributed by atoms with Gasteiger partial charge in [-0.3, -0.25) is 4.79 Å². The molecule has 0 aromatic carbocycles. The average Bonchev–Trinajstić information content (AvgIpc) is 3.73. The van der Waals surface area contributed by atoms with E-state index in [2.05, 4.69) is 32.4 Å². The number of carbonyl (C=O) groups excluding carboxylic acids is 1. The molecule has 41 heavy (non-hydrogen) atoms. The molecule has 3 atom stereocenters. The van der Waals surface area contributed by atoms with E-state index in [0.29, 0.717) is 31.0 Å². The number of allylic oxidation sites excluding steroid dienone is 1. The van der Waals surface area contributed by atoms with Crippen LogP contribution in [0.4, 0.5) is 0 Å². The molecule has 4 nitrogen and oxygen atoms in total. The van der Waals surface area contributed by atoms with Crippen molar-refractivity contribution < 1.29 is 14.3 Å². The zero-order chi connectivity index (χ0) is 29.5. The second-order valence-corrected chi connectivity index (χ2v) is 13.6. The molecule has 3 unspecified atom stereocenters. The van der Waals surface area contributed by atoms with E-state index in [1.807, 2.05) is 0 Å². The van der Waals surface area contributed by atoms with Crippen LogP contribution in [0.5, 0.6) is 0 Å². The molecule has 0 radical (unpaired) electrons. The molecule has 1 aliphatic heterocycles. The summed E-state index contributed by atoms with van der Waals surface area (Å²) in [5.74, 6) is 3.10. The molecule has 1 heterocycles. The number of esters is 1. The Hall–Kier alpha value is -1.03. The molecule has 0 spiro atoms. The van der Waals surface area contributed by atoms with Crippen LogP contribution >= 0.6 is 0 Å². The predicted octanol–water partition coefficient (Wildman–Crippen LogP) is 10.6. The summed E-state index contributed by atoms with van der Waals surface area (Å²) in [7, 11) is 2.22. The van der Waals surface area contributed by atoms with E-state index in [0.717, 1.165) is 44.0 Å². The lowest BCUT2D eigenvalue weighted by Gasteiger charge is -2.32.